The highest BCUT2D eigenvalue weighted by molar-refractivity contribution is 7.13. The highest BCUT2D eigenvalue weighted by atomic mass is 32.1. The number of aliphatic hydroxyl groups excluding tert-OH is 1. The number of aliphatic hydroxyl groups is 1. The maximum atomic E-state index is 13.8. The molecular weight excluding hydrogens is 456 g/mol. The molecule has 3 aliphatic carbocycles. The second-order valence-electron chi connectivity index (χ2n) is 9.65. The molecule has 8 nitrogen and oxygen atoms in total. The zero-order chi connectivity index (χ0) is 23.4. The molecule has 1 N–H and O–H groups in total. The topological polar surface area (TPSA) is 108 Å². The number of ketones is 2. The minimum Gasteiger partial charge on any atom is -0.511 e. The smallest absolute Gasteiger partial charge is 0.265 e. The molecule has 2 unspecified atom stereocenters. The SMILES string of the molecule is O=C(C1=C(O)C2CCC(C2)C1=O)c1cnc(-c2cccs2)n(C2CCC3(CC2)OCCO3)c1=O. The Morgan fingerprint density at radius 1 is 1.12 bits per heavy atom. The fraction of sp³-hybridized carbons (Fsp3) is 0.520. The molecule has 1 aliphatic heterocycles. The van der Waals surface area contributed by atoms with Crippen LogP contribution in [-0.2, 0) is 14.3 Å². The molecule has 0 amide bonds. The van der Waals surface area contributed by atoms with Gasteiger partial charge in [-0.1, -0.05) is 6.07 Å². The number of aromatic nitrogens is 2. The van der Waals surface area contributed by atoms with E-state index in [1.807, 2.05) is 17.5 Å². The number of thiophene rings is 1. The Morgan fingerprint density at radius 3 is 2.56 bits per heavy atom. The molecule has 2 bridgehead atoms. The van der Waals surface area contributed by atoms with Crippen LogP contribution in [0.3, 0.4) is 0 Å². The van der Waals surface area contributed by atoms with E-state index >= 15 is 0 Å². The van der Waals surface area contributed by atoms with Crippen LogP contribution in [0.2, 0.25) is 0 Å². The maximum absolute atomic E-state index is 13.8. The fourth-order valence-corrected chi connectivity index (χ4v) is 6.72. The van der Waals surface area contributed by atoms with Crippen molar-refractivity contribution >= 4 is 22.9 Å². The summed E-state index contributed by atoms with van der Waals surface area (Å²) in [5.74, 6) is -1.71. The highest BCUT2D eigenvalue weighted by Crippen LogP contribution is 2.43. The first-order valence-corrected chi connectivity index (χ1v) is 12.8. The van der Waals surface area contributed by atoms with Gasteiger partial charge >= 0.3 is 0 Å². The summed E-state index contributed by atoms with van der Waals surface area (Å²) in [4.78, 5) is 45.6. The van der Waals surface area contributed by atoms with Crippen molar-refractivity contribution in [3.05, 3.63) is 51.0 Å². The molecule has 0 aromatic carbocycles. The van der Waals surface area contributed by atoms with E-state index in [1.54, 1.807) is 4.57 Å². The average molecular weight is 483 g/mol. The third kappa shape index (κ3) is 3.40. The van der Waals surface area contributed by atoms with Crippen LogP contribution in [0.1, 0.15) is 61.3 Å². The van der Waals surface area contributed by atoms with Gasteiger partial charge in [-0.15, -0.1) is 11.3 Å². The normalized spacial score (nSPS) is 26.5. The number of hydrogen-bond donors (Lipinski definition) is 1. The van der Waals surface area contributed by atoms with Crippen molar-refractivity contribution in [2.45, 2.75) is 56.8 Å². The van der Waals surface area contributed by atoms with E-state index in [-0.39, 0.29) is 40.6 Å². The molecule has 2 aromatic heterocycles. The molecule has 34 heavy (non-hydrogen) atoms. The quantitative estimate of drug-likeness (QED) is 0.521. The van der Waals surface area contributed by atoms with Gasteiger partial charge < -0.3 is 14.6 Å². The van der Waals surface area contributed by atoms with Gasteiger partial charge in [0.25, 0.3) is 5.56 Å². The number of allylic oxidation sites excluding steroid dienone is 2. The largest absolute Gasteiger partial charge is 0.511 e. The van der Waals surface area contributed by atoms with Crippen molar-refractivity contribution in [3.8, 4) is 10.7 Å². The first kappa shape index (κ1) is 21.9. The Bertz CT molecular complexity index is 1230. The molecule has 0 radical (unpaired) electrons. The second kappa shape index (κ2) is 8.25. The summed E-state index contributed by atoms with van der Waals surface area (Å²) < 4.78 is 13.3. The molecule has 6 rings (SSSR count). The monoisotopic (exact) mass is 482 g/mol. The van der Waals surface area contributed by atoms with Crippen molar-refractivity contribution in [2.75, 3.05) is 13.2 Å². The highest BCUT2D eigenvalue weighted by Gasteiger charge is 2.45. The zero-order valence-electron chi connectivity index (χ0n) is 18.7. The number of hydrogen-bond acceptors (Lipinski definition) is 8. The average Bonchev–Trinajstić information content (AvgIpc) is 3.61. The third-order valence-electron chi connectivity index (χ3n) is 7.79. The van der Waals surface area contributed by atoms with Crippen LogP contribution < -0.4 is 5.56 Å². The van der Waals surface area contributed by atoms with Crippen molar-refractivity contribution in [1.29, 1.82) is 0 Å². The van der Waals surface area contributed by atoms with Crippen LogP contribution in [0.25, 0.3) is 10.7 Å². The van der Waals surface area contributed by atoms with Crippen molar-refractivity contribution in [3.63, 3.8) is 0 Å². The standard InChI is InChI=1S/C25H26N2O6S/c28-20-14-3-4-15(12-14)21(29)19(20)22(30)17-13-26-23(18-2-1-11-34-18)27(24(17)31)16-5-7-25(8-6-16)32-9-10-33-25/h1-2,11,13-16,28H,3-10,12H2. The summed E-state index contributed by atoms with van der Waals surface area (Å²) in [6.07, 6.45) is 5.80. The van der Waals surface area contributed by atoms with Crippen molar-refractivity contribution < 1.29 is 24.2 Å². The number of rotatable bonds is 4. The lowest BCUT2D eigenvalue weighted by Crippen LogP contribution is -2.40. The third-order valence-corrected chi connectivity index (χ3v) is 8.66. The molecule has 2 saturated carbocycles. The van der Waals surface area contributed by atoms with E-state index in [2.05, 4.69) is 4.98 Å². The van der Waals surface area contributed by atoms with E-state index in [9.17, 15) is 19.5 Å². The van der Waals surface area contributed by atoms with Crippen LogP contribution in [0, 0.1) is 11.8 Å². The number of carbonyl (C=O) groups is 2. The number of Topliss-reactive ketones (excluding diaryl/α,β-unsaturated/α-hetero) is 2. The summed E-state index contributed by atoms with van der Waals surface area (Å²) in [5.41, 5.74) is -0.850. The second-order valence-corrected chi connectivity index (χ2v) is 10.6. The van der Waals surface area contributed by atoms with Gasteiger partial charge in [-0.3, -0.25) is 19.0 Å². The molecule has 1 spiro atoms. The molecule has 3 heterocycles. The van der Waals surface area contributed by atoms with Gasteiger partial charge in [0.05, 0.1) is 18.1 Å². The minimum atomic E-state index is -0.710. The van der Waals surface area contributed by atoms with Gasteiger partial charge in [0.15, 0.2) is 17.4 Å². The van der Waals surface area contributed by atoms with Crippen molar-refractivity contribution in [2.24, 2.45) is 11.8 Å². The van der Waals surface area contributed by atoms with E-state index in [0.717, 1.165) is 4.88 Å². The summed E-state index contributed by atoms with van der Waals surface area (Å²) >= 11 is 1.47. The lowest BCUT2D eigenvalue weighted by Gasteiger charge is -2.36. The Kier molecular flexibility index (Phi) is 5.31. The summed E-state index contributed by atoms with van der Waals surface area (Å²) in [6.45, 7) is 1.15. The molecule has 2 aromatic rings. The number of fused-ring (bicyclic) bond motifs is 2. The Morgan fingerprint density at radius 2 is 1.85 bits per heavy atom. The van der Waals surface area contributed by atoms with E-state index in [0.29, 0.717) is 64.0 Å². The van der Waals surface area contributed by atoms with E-state index in [1.165, 1.54) is 17.5 Å². The molecule has 1 saturated heterocycles. The van der Waals surface area contributed by atoms with Gasteiger partial charge in [0.2, 0.25) is 5.78 Å². The molecular formula is C25H26N2O6S. The maximum Gasteiger partial charge on any atom is 0.265 e. The number of nitrogens with zero attached hydrogens (tertiary/aromatic N) is 2. The van der Waals surface area contributed by atoms with Gasteiger partial charge in [-0.2, -0.15) is 0 Å². The van der Waals surface area contributed by atoms with Crippen molar-refractivity contribution in [1.82, 2.24) is 9.55 Å². The van der Waals surface area contributed by atoms with Crippen LogP contribution in [0.15, 0.2) is 39.8 Å². The van der Waals surface area contributed by atoms with Gasteiger partial charge in [0.1, 0.15) is 16.9 Å². The lowest BCUT2D eigenvalue weighted by molar-refractivity contribution is -0.181. The summed E-state index contributed by atoms with van der Waals surface area (Å²) in [6, 6.07) is 3.61. The Hall–Kier alpha value is -2.62. The zero-order valence-corrected chi connectivity index (χ0v) is 19.5. The molecule has 178 valence electrons. The van der Waals surface area contributed by atoms with Crippen LogP contribution >= 0.6 is 11.3 Å². The van der Waals surface area contributed by atoms with Gasteiger partial charge in [-0.25, -0.2) is 4.98 Å². The minimum absolute atomic E-state index is 0.160. The lowest BCUT2D eigenvalue weighted by atomic mass is 9.83. The predicted octanol–water partition coefficient (Wildman–Crippen LogP) is 3.82. The summed E-state index contributed by atoms with van der Waals surface area (Å²) in [5, 5.41) is 12.6. The summed E-state index contributed by atoms with van der Waals surface area (Å²) in [7, 11) is 0. The first-order valence-electron chi connectivity index (χ1n) is 11.9. The predicted molar refractivity (Wildman–Crippen MR) is 124 cm³/mol. The molecule has 3 fully saturated rings. The van der Waals surface area contributed by atoms with Gasteiger partial charge in [-0.05, 0) is 43.6 Å². The Balaban J connectivity index is 1.41. The molecule has 9 heteroatoms. The van der Waals surface area contributed by atoms with Crippen LogP contribution in [0.4, 0.5) is 0 Å². The van der Waals surface area contributed by atoms with Crippen LogP contribution in [0.5, 0.6) is 0 Å². The number of ether oxygens (including phenoxy) is 2. The van der Waals surface area contributed by atoms with Crippen LogP contribution in [-0.4, -0.2) is 45.2 Å². The molecule has 2 atom stereocenters. The van der Waals surface area contributed by atoms with E-state index in [4.69, 9.17) is 9.47 Å². The first-order chi connectivity index (χ1) is 16.5. The fourth-order valence-electron chi connectivity index (χ4n) is 6.00. The number of carbonyl (C=O) groups excluding carboxylic acids is 2. The van der Waals surface area contributed by atoms with E-state index < -0.39 is 17.1 Å². The van der Waals surface area contributed by atoms with Gasteiger partial charge in [0, 0.05) is 36.9 Å². The molecule has 4 aliphatic rings. The Labute approximate surface area is 200 Å².